The average Bonchev–Trinajstić information content (AvgIpc) is 2.68. The van der Waals surface area contributed by atoms with E-state index < -0.39 is 60.2 Å². The molecule has 11 heteroatoms. The van der Waals surface area contributed by atoms with Gasteiger partial charge in [-0.3, -0.25) is 24.0 Å². The highest BCUT2D eigenvalue weighted by molar-refractivity contribution is 5.95. The maximum Gasteiger partial charge on any atom is 0.325 e. The normalized spacial score (nSPS) is 16.9. The number of nitrogens with one attached hydrogen (secondary N) is 3. The van der Waals surface area contributed by atoms with Gasteiger partial charge in [0.15, 0.2) is 0 Å². The molecule has 30 heavy (non-hydrogen) atoms. The second-order valence-electron chi connectivity index (χ2n) is 7.51. The van der Waals surface area contributed by atoms with Crippen LogP contribution in [0.15, 0.2) is 0 Å². The summed E-state index contributed by atoms with van der Waals surface area (Å²) in [5.41, 5.74) is 5.92. The van der Waals surface area contributed by atoms with Crippen molar-refractivity contribution >= 4 is 29.7 Å². The van der Waals surface area contributed by atoms with Gasteiger partial charge in [0.05, 0.1) is 12.5 Å². The van der Waals surface area contributed by atoms with Crippen molar-refractivity contribution in [1.82, 2.24) is 16.0 Å². The number of hydrogen-bond acceptors (Lipinski definition) is 6. The van der Waals surface area contributed by atoms with E-state index in [1.807, 2.05) is 13.8 Å². The lowest BCUT2D eigenvalue weighted by atomic mass is 9.95. The third kappa shape index (κ3) is 8.76. The van der Waals surface area contributed by atoms with Gasteiger partial charge in [0.1, 0.15) is 18.1 Å². The van der Waals surface area contributed by atoms with Crippen LogP contribution in [0.3, 0.4) is 0 Å². The van der Waals surface area contributed by atoms with Crippen molar-refractivity contribution in [2.45, 2.75) is 78.0 Å². The Morgan fingerprint density at radius 2 is 1.33 bits per heavy atom. The van der Waals surface area contributed by atoms with Gasteiger partial charge in [-0.1, -0.05) is 40.5 Å². The number of aliphatic carboxylic acids is 2. The van der Waals surface area contributed by atoms with Gasteiger partial charge in [0.2, 0.25) is 17.7 Å². The predicted octanol–water partition coefficient (Wildman–Crippen LogP) is -0.560. The Balaban J connectivity index is 5.47. The summed E-state index contributed by atoms with van der Waals surface area (Å²) in [5.74, 6) is -5.35. The molecular formula is C19H34N4O7. The van der Waals surface area contributed by atoms with E-state index in [1.54, 1.807) is 13.8 Å². The summed E-state index contributed by atoms with van der Waals surface area (Å²) in [5, 5.41) is 25.0. The highest BCUT2D eigenvalue weighted by atomic mass is 16.4. The molecule has 172 valence electrons. The van der Waals surface area contributed by atoms with Gasteiger partial charge in [-0.2, -0.15) is 0 Å². The Kier molecular flexibility index (Phi) is 11.6. The van der Waals surface area contributed by atoms with Crippen LogP contribution in [-0.4, -0.2) is 64.0 Å². The van der Waals surface area contributed by atoms with Gasteiger partial charge in [0, 0.05) is 0 Å². The lowest BCUT2D eigenvalue weighted by Crippen LogP contribution is -2.59. The van der Waals surface area contributed by atoms with E-state index in [9.17, 15) is 24.0 Å². The van der Waals surface area contributed by atoms with Gasteiger partial charge in [-0.25, -0.2) is 0 Å². The SMILES string of the molecule is CCC(C)C(N)C(=O)NC(C(=O)NC(CC(=O)O)C(=O)NC(C)C(=O)O)C(C)CC. The monoisotopic (exact) mass is 430 g/mol. The molecule has 0 heterocycles. The van der Waals surface area contributed by atoms with Crippen LogP contribution in [0, 0.1) is 11.8 Å². The topological polar surface area (TPSA) is 188 Å². The second-order valence-corrected chi connectivity index (χ2v) is 7.51. The molecule has 6 atom stereocenters. The molecule has 0 rings (SSSR count). The Morgan fingerprint density at radius 3 is 1.77 bits per heavy atom. The molecule has 0 saturated heterocycles. The number of carboxylic acid groups (broad SMARTS) is 2. The van der Waals surface area contributed by atoms with E-state index in [0.29, 0.717) is 12.8 Å². The molecule has 0 radical (unpaired) electrons. The summed E-state index contributed by atoms with van der Waals surface area (Å²) in [6.07, 6.45) is 0.428. The minimum atomic E-state index is -1.51. The zero-order valence-electron chi connectivity index (χ0n) is 18.1. The lowest BCUT2D eigenvalue weighted by molar-refractivity contribution is -0.143. The Morgan fingerprint density at radius 1 is 0.800 bits per heavy atom. The van der Waals surface area contributed by atoms with Crippen molar-refractivity contribution in [3.05, 3.63) is 0 Å². The molecule has 0 aliphatic carbocycles. The summed E-state index contributed by atoms with van der Waals surface area (Å²) in [6.45, 7) is 8.42. The van der Waals surface area contributed by atoms with Crippen molar-refractivity contribution in [1.29, 1.82) is 0 Å². The molecular weight excluding hydrogens is 396 g/mol. The summed E-state index contributed by atoms with van der Waals surface area (Å²) in [7, 11) is 0. The average molecular weight is 431 g/mol. The number of hydrogen-bond donors (Lipinski definition) is 6. The first-order chi connectivity index (χ1) is 13.8. The largest absolute Gasteiger partial charge is 0.481 e. The maximum atomic E-state index is 12.8. The van der Waals surface area contributed by atoms with Crippen molar-refractivity contribution in [2.75, 3.05) is 0 Å². The molecule has 11 nitrogen and oxygen atoms in total. The van der Waals surface area contributed by atoms with Crippen LogP contribution in [-0.2, 0) is 24.0 Å². The minimum absolute atomic E-state index is 0.117. The Bertz CT molecular complexity index is 640. The van der Waals surface area contributed by atoms with Crippen LogP contribution in [0.5, 0.6) is 0 Å². The summed E-state index contributed by atoms with van der Waals surface area (Å²) in [6, 6.07) is -4.66. The fraction of sp³-hybridized carbons (Fsp3) is 0.737. The molecule has 6 unspecified atom stereocenters. The number of rotatable bonds is 13. The molecule has 0 saturated carbocycles. The van der Waals surface area contributed by atoms with Crippen LogP contribution < -0.4 is 21.7 Å². The van der Waals surface area contributed by atoms with Gasteiger partial charge in [0.25, 0.3) is 0 Å². The zero-order chi connectivity index (χ0) is 23.6. The van der Waals surface area contributed by atoms with E-state index >= 15 is 0 Å². The van der Waals surface area contributed by atoms with Gasteiger partial charge in [-0.15, -0.1) is 0 Å². The molecule has 0 aromatic heterocycles. The van der Waals surface area contributed by atoms with E-state index in [0.717, 1.165) is 0 Å². The smallest absolute Gasteiger partial charge is 0.325 e. The van der Waals surface area contributed by atoms with Crippen molar-refractivity contribution < 1.29 is 34.2 Å². The Labute approximate surface area is 176 Å². The number of carbonyl (C=O) groups is 5. The second kappa shape index (κ2) is 12.8. The molecule has 0 aliphatic rings. The number of amides is 3. The zero-order valence-corrected chi connectivity index (χ0v) is 18.1. The fourth-order valence-corrected chi connectivity index (χ4v) is 2.48. The van der Waals surface area contributed by atoms with Crippen LogP contribution in [0.25, 0.3) is 0 Å². The van der Waals surface area contributed by atoms with Gasteiger partial charge >= 0.3 is 11.9 Å². The highest BCUT2D eigenvalue weighted by Crippen LogP contribution is 2.11. The maximum absolute atomic E-state index is 12.8. The molecule has 7 N–H and O–H groups in total. The quantitative estimate of drug-likeness (QED) is 0.224. The number of carboxylic acids is 2. The van der Waals surface area contributed by atoms with E-state index in [2.05, 4.69) is 16.0 Å². The molecule has 0 aromatic rings. The minimum Gasteiger partial charge on any atom is -0.481 e. The van der Waals surface area contributed by atoms with Crippen molar-refractivity contribution in [2.24, 2.45) is 17.6 Å². The number of carbonyl (C=O) groups excluding carboxylic acids is 3. The molecule has 0 fully saturated rings. The van der Waals surface area contributed by atoms with Crippen LogP contribution in [0.4, 0.5) is 0 Å². The number of nitrogens with two attached hydrogens (primary N) is 1. The molecule has 0 bridgehead atoms. The van der Waals surface area contributed by atoms with E-state index in [1.165, 1.54) is 6.92 Å². The first-order valence-electron chi connectivity index (χ1n) is 9.96. The predicted molar refractivity (Wildman–Crippen MR) is 108 cm³/mol. The van der Waals surface area contributed by atoms with Gasteiger partial charge in [-0.05, 0) is 18.8 Å². The summed E-state index contributed by atoms with van der Waals surface area (Å²) in [4.78, 5) is 59.6. The van der Waals surface area contributed by atoms with Crippen molar-refractivity contribution in [3.63, 3.8) is 0 Å². The first kappa shape index (κ1) is 27.3. The van der Waals surface area contributed by atoms with Crippen LogP contribution in [0.2, 0.25) is 0 Å². The summed E-state index contributed by atoms with van der Waals surface area (Å²) < 4.78 is 0. The first-order valence-corrected chi connectivity index (χ1v) is 9.96. The molecule has 0 spiro atoms. The van der Waals surface area contributed by atoms with E-state index in [4.69, 9.17) is 15.9 Å². The fourth-order valence-electron chi connectivity index (χ4n) is 2.48. The molecule has 0 aliphatic heterocycles. The van der Waals surface area contributed by atoms with Crippen LogP contribution >= 0.6 is 0 Å². The summed E-state index contributed by atoms with van der Waals surface area (Å²) >= 11 is 0. The molecule has 3 amide bonds. The third-order valence-corrected chi connectivity index (χ3v) is 5.09. The lowest BCUT2D eigenvalue weighted by Gasteiger charge is -2.28. The van der Waals surface area contributed by atoms with Gasteiger partial charge < -0.3 is 31.9 Å². The van der Waals surface area contributed by atoms with Crippen molar-refractivity contribution in [3.8, 4) is 0 Å². The van der Waals surface area contributed by atoms with E-state index in [-0.39, 0.29) is 11.8 Å². The molecule has 0 aromatic carbocycles. The third-order valence-electron chi connectivity index (χ3n) is 5.09. The Hall–Kier alpha value is -2.69. The standard InChI is InChI=1S/C19H34N4O7/c1-6-9(3)14(20)17(27)23-15(10(4)7-2)18(28)22-12(8-13(24)25)16(26)21-11(5)19(29)30/h9-12,14-15H,6-8,20H2,1-5H3,(H,21,26)(H,22,28)(H,23,27)(H,24,25)(H,29,30). The van der Waals surface area contributed by atoms with Crippen LogP contribution in [0.1, 0.15) is 53.9 Å². The highest BCUT2D eigenvalue weighted by Gasteiger charge is 2.33.